The Kier molecular flexibility index (Phi) is 5.45. The van der Waals surface area contributed by atoms with Crippen molar-refractivity contribution in [1.29, 1.82) is 0 Å². The maximum atomic E-state index is 15.0. The van der Waals surface area contributed by atoms with Gasteiger partial charge in [-0.1, -0.05) is 6.07 Å². The Hall–Kier alpha value is -2.42. The molecule has 5 rings (SSSR count). The van der Waals surface area contributed by atoms with E-state index in [9.17, 15) is 8.78 Å². The first-order valence-corrected chi connectivity index (χ1v) is 11.2. The summed E-state index contributed by atoms with van der Waals surface area (Å²) < 4.78 is 42.9. The quantitative estimate of drug-likeness (QED) is 0.473. The molecular weight excluding hydrogens is 471 g/mol. The molecule has 3 aromatic rings. The second kappa shape index (κ2) is 8.26. The topological polar surface area (TPSA) is 53.9 Å². The molecule has 3 heterocycles. The van der Waals surface area contributed by atoms with Gasteiger partial charge in [0.1, 0.15) is 27.9 Å². The van der Waals surface area contributed by atoms with Crippen molar-refractivity contribution >= 4 is 38.6 Å². The smallest absolute Gasteiger partial charge is 0.172 e. The standard InChI is InChI=1S/C22H21BrF3N5/c23-19-10-17-18(11-27-19)30-22(21(29-17)28-14-2-3-14)31-7-5-12(6-8-31)20(26)15-4-1-13(24)9-16(15)25/h1,4,9-12,14,20H,2-3,5-8H2,(H,28,29). The van der Waals surface area contributed by atoms with Crippen LogP contribution in [0.2, 0.25) is 0 Å². The van der Waals surface area contributed by atoms with Crippen molar-refractivity contribution < 1.29 is 13.2 Å². The molecule has 9 heteroatoms. The Balaban J connectivity index is 1.36. The number of halogens is 4. The van der Waals surface area contributed by atoms with Crippen LogP contribution >= 0.6 is 15.9 Å². The fourth-order valence-electron chi connectivity index (χ4n) is 4.05. The van der Waals surface area contributed by atoms with Crippen LogP contribution in [0.4, 0.5) is 24.8 Å². The molecule has 0 spiro atoms. The first-order valence-electron chi connectivity index (χ1n) is 10.4. The Labute approximate surface area is 186 Å². The molecule has 0 bridgehead atoms. The number of piperidine rings is 1. The van der Waals surface area contributed by atoms with Crippen LogP contribution in [0.25, 0.3) is 11.0 Å². The van der Waals surface area contributed by atoms with Gasteiger partial charge in [0.2, 0.25) is 0 Å². The van der Waals surface area contributed by atoms with Gasteiger partial charge in [0, 0.05) is 30.8 Å². The molecule has 1 saturated carbocycles. The predicted octanol–water partition coefficient (Wildman–Crippen LogP) is 5.57. The van der Waals surface area contributed by atoms with Crippen molar-refractivity contribution in [1.82, 2.24) is 15.0 Å². The number of anilines is 2. The zero-order chi connectivity index (χ0) is 21.5. The lowest BCUT2D eigenvalue weighted by atomic mass is 9.88. The van der Waals surface area contributed by atoms with Gasteiger partial charge >= 0.3 is 0 Å². The molecular formula is C22H21BrF3N5. The van der Waals surface area contributed by atoms with Gasteiger partial charge in [-0.2, -0.15) is 0 Å². The highest BCUT2D eigenvalue weighted by atomic mass is 79.9. The number of rotatable bonds is 5. The summed E-state index contributed by atoms with van der Waals surface area (Å²) in [5.41, 5.74) is 1.37. The third-order valence-corrected chi connectivity index (χ3v) is 6.36. The summed E-state index contributed by atoms with van der Waals surface area (Å²) in [5, 5.41) is 3.46. The minimum Gasteiger partial charge on any atom is -0.364 e. The lowest BCUT2D eigenvalue weighted by Crippen LogP contribution is -2.36. The molecule has 1 aromatic carbocycles. The van der Waals surface area contributed by atoms with Crippen LogP contribution in [0.15, 0.2) is 35.1 Å². The maximum absolute atomic E-state index is 15.0. The molecule has 0 radical (unpaired) electrons. The molecule has 1 aliphatic heterocycles. The summed E-state index contributed by atoms with van der Waals surface area (Å²) in [7, 11) is 0. The summed E-state index contributed by atoms with van der Waals surface area (Å²) in [6.07, 6.45) is 3.51. The number of hydrogen-bond donors (Lipinski definition) is 1. The number of pyridine rings is 1. The van der Waals surface area contributed by atoms with Crippen LogP contribution in [0, 0.1) is 17.6 Å². The molecule has 1 aliphatic carbocycles. The monoisotopic (exact) mass is 491 g/mol. The lowest BCUT2D eigenvalue weighted by molar-refractivity contribution is 0.193. The average molecular weight is 492 g/mol. The maximum Gasteiger partial charge on any atom is 0.172 e. The molecule has 31 heavy (non-hydrogen) atoms. The molecule has 0 amide bonds. The third kappa shape index (κ3) is 4.33. The minimum absolute atomic E-state index is 0.0712. The van der Waals surface area contributed by atoms with Crippen molar-refractivity contribution in [2.45, 2.75) is 37.9 Å². The largest absolute Gasteiger partial charge is 0.364 e. The van der Waals surface area contributed by atoms with Crippen LogP contribution < -0.4 is 10.2 Å². The van der Waals surface area contributed by atoms with Crippen LogP contribution in [0.3, 0.4) is 0 Å². The summed E-state index contributed by atoms with van der Waals surface area (Å²) in [4.78, 5) is 15.9. The first kappa shape index (κ1) is 20.5. The summed E-state index contributed by atoms with van der Waals surface area (Å²) >= 11 is 3.37. The molecule has 1 N–H and O–H groups in total. The SMILES string of the molecule is Fc1ccc(C(F)C2CCN(c3nc4cnc(Br)cc4nc3NC3CC3)CC2)c(F)c1. The molecule has 2 fully saturated rings. The number of alkyl halides is 1. The highest BCUT2D eigenvalue weighted by Crippen LogP contribution is 2.38. The fraction of sp³-hybridized carbons (Fsp3) is 0.409. The van der Waals surface area contributed by atoms with E-state index in [1.807, 2.05) is 6.07 Å². The van der Waals surface area contributed by atoms with E-state index in [2.05, 4.69) is 31.1 Å². The molecule has 2 aromatic heterocycles. The van der Waals surface area contributed by atoms with E-state index in [1.54, 1.807) is 6.20 Å². The number of hydrogen-bond acceptors (Lipinski definition) is 5. The van der Waals surface area contributed by atoms with Crippen molar-refractivity contribution in [2.75, 3.05) is 23.3 Å². The Morgan fingerprint density at radius 1 is 1.03 bits per heavy atom. The molecule has 1 unspecified atom stereocenters. The van der Waals surface area contributed by atoms with Crippen molar-refractivity contribution in [3.8, 4) is 0 Å². The molecule has 162 valence electrons. The highest BCUT2D eigenvalue weighted by molar-refractivity contribution is 9.10. The lowest BCUT2D eigenvalue weighted by Gasteiger charge is -2.35. The van der Waals surface area contributed by atoms with Gasteiger partial charge < -0.3 is 10.2 Å². The van der Waals surface area contributed by atoms with Gasteiger partial charge in [-0.15, -0.1) is 0 Å². The Morgan fingerprint density at radius 3 is 2.52 bits per heavy atom. The Morgan fingerprint density at radius 2 is 1.81 bits per heavy atom. The number of benzene rings is 1. The normalized spacial score (nSPS) is 18.4. The van der Waals surface area contributed by atoms with E-state index >= 15 is 4.39 Å². The third-order valence-electron chi connectivity index (χ3n) is 5.93. The van der Waals surface area contributed by atoms with Gasteiger partial charge in [0.25, 0.3) is 0 Å². The Bertz CT molecular complexity index is 1120. The summed E-state index contributed by atoms with van der Waals surface area (Å²) in [6.45, 7) is 1.16. The second-order valence-electron chi connectivity index (χ2n) is 8.20. The zero-order valence-electron chi connectivity index (χ0n) is 16.7. The summed E-state index contributed by atoms with van der Waals surface area (Å²) in [5.74, 6) is -0.388. The van der Waals surface area contributed by atoms with Gasteiger partial charge in [-0.3, -0.25) is 0 Å². The van der Waals surface area contributed by atoms with E-state index in [0.717, 1.165) is 42.1 Å². The van der Waals surface area contributed by atoms with Crippen LogP contribution in [-0.4, -0.2) is 34.1 Å². The highest BCUT2D eigenvalue weighted by Gasteiger charge is 2.32. The molecule has 5 nitrogen and oxygen atoms in total. The summed E-state index contributed by atoms with van der Waals surface area (Å²) in [6, 6.07) is 5.29. The molecule has 2 aliphatic rings. The van der Waals surface area contributed by atoms with Crippen molar-refractivity contribution in [3.05, 3.63) is 52.3 Å². The van der Waals surface area contributed by atoms with Crippen LogP contribution in [0.5, 0.6) is 0 Å². The van der Waals surface area contributed by atoms with Gasteiger partial charge in [0.05, 0.1) is 11.7 Å². The fourth-order valence-corrected chi connectivity index (χ4v) is 4.37. The van der Waals surface area contributed by atoms with Gasteiger partial charge in [0.15, 0.2) is 11.6 Å². The zero-order valence-corrected chi connectivity index (χ0v) is 18.2. The number of nitrogens with one attached hydrogen (secondary N) is 1. The van der Waals surface area contributed by atoms with Crippen molar-refractivity contribution in [2.24, 2.45) is 5.92 Å². The molecule has 1 saturated heterocycles. The number of fused-ring (bicyclic) bond motifs is 1. The number of nitrogens with zero attached hydrogens (tertiary/aromatic N) is 4. The van der Waals surface area contributed by atoms with Gasteiger partial charge in [-0.25, -0.2) is 28.1 Å². The van der Waals surface area contributed by atoms with E-state index in [-0.39, 0.29) is 11.5 Å². The van der Waals surface area contributed by atoms with E-state index in [0.29, 0.717) is 42.1 Å². The van der Waals surface area contributed by atoms with Crippen LogP contribution in [0.1, 0.15) is 37.4 Å². The average Bonchev–Trinajstić information content (AvgIpc) is 3.57. The van der Waals surface area contributed by atoms with E-state index in [1.165, 1.54) is 6.07 Å². The van der Waals surface area contributed by atoms with Crippen LogP contribution in [-0.2, 0) is 0 Å². The number of aromatic nitrogens is 3. The van der Waals surface area contributed by atoms with E-state index < -0.39 is 17.8 Å². The van der Waals surface area contributed by atoms with Gasteiger partial charge in [-0.05, 0) is 59.7 Å². The minimum atomic E-state index is -1.46. The van der Waals surface area contributed by atoms with E-state index in [4.69, 9.17) is 9.97 Å². The second-order valence-corrected chi connectivity index (χ2v) is 9.01. The van der Waals surface area contributed by atoms with Crippen molar-refractivity contribution in [3.63, 3.8) is 0 Å². The predicted molar refractivity (Wildman–Crippen MR) is 117 cm³/mol. The molecule has 1 atom stereocenters. The first-order chi connectivity index (χ1) is 15.0.